The number of ether oxygens (including phenoxy) is 2. The van der Waals surface area contributed by atoms with Gasteiger partial charge in [-0.1, -0.05) is 0 Å². The van der Waals surface area contributed by atoms with Crippen molar-refractivity contribution in [1.29, 1.82) is 0 Å². The first kappa shape index (κ1) is 13.7. The van der Waals surface area contributed by atoms with Gasteiger partial charge in [-0.05, 0) is 20.3 Å². The molecule has 1 aliphatic heterocycles. The Hall–Kier alpha value is -0.320. The van der Waals surface area contributed by atoms with Gasteiger partial charge >= 0.3 is 0 Å². The summed E-state index contributed by atoms with van der Waals surface area (Å²) in [6.07, 6.45) is 0.366. The van der Waals surface area contributed by atoms with Gasteiger partial charge in [0.1, 0.15) is 0 Å². The van der Waals surface area contributed by atoms with Gasteiger partial charge in [0, 0.05) is 18.5 Å². The molecule has 1 saturated heterocycles. The van der Waals surface area contributed by atoms with Crippen LogP contribution in [0.15, 0.2) is 0 Å². The van der Waals surface area contributed by atoms with Crippen LogP contribution < -0.4 is 0 Å². The minimum absolute atomic E-state index is 0.0137. The third-order valence-electron chi connectivity index (χ3n) is 2.53. The van der Waals surface area contributed by atoms with Gasteiger partial charge in [0.15, 0.2) is 6.10 Å². The quantitative estimate of drug-likeness (QED) is 0.689. The summed E-state index contributed by atoms with van der Waals surface area (Å²) in [4.78, 5) is 13.9. The molecule has 0 aliphatic carbocycles. The molecule has 1 heterocycles. The van der Waals surface area contributed by atoms with Crippen molar-refractivity contribution in [2.45, 2.75) is 32.4 Å². The van der Waals surface area contributed by atoms with E-state index >= 15 is 0 Å². The third kappa shape index (κ3) is 3.92. The van der Waals surface area contributed by atoms with Crippen molar-refractivity contribution >= 4 is 17.5 Å². The van der Waals surface area contributed by atoms with Gasteiger partial charge in [-0.3, -0.25) is 4.79 Å². The first-order chi connectivity index (χ1) is 7.66. The summed E-state index contributed by atoms with van der Waals surface area (Å²) in [5, 5.41) is 0. The van der Waals surface area contributed by atoms with E-state index in [0.717, 1.165) is 6.42 Å². The van der Waals surface area contributed by atoms with E-state index in [9.17, 15) is 4.79 Å². The lowest BCUT2D eigenvalue weighted by Crippen LogP contribution is -2.48. The minimum atomic E-state index is -0.438. The van der Waals surface area contributed by atoms with Crippen LogP contribution in [0.5, 0.6) is 0 Å². The third-order valence-corrected chi connectivity index (χ3v) is 2.80. The predicted octanol–water partition coefficient (Wildman–Crippen LogP) is 1.27. The summed E-state index contributed by atoms with van der Waals surface area (Å²) in [5.41, 5.74) is 0. The lowest BCUT2D eigenvalue weighted by Gasteiger charge is -2.32. The summed E-state index contributed by atoms with van der Waals surface area (Å²) in [7, 11) is 0. The Balaban J connectivity index is 2.51. The fourth-order valence-corrected chi connectivity index (χ4v) is 1.79. The van der Waals surface area contributed by atoms with Crippen molar-refractivity contribution < 1.29 is 14.3 Å². The van der Waals surface area contributed by atoms with E-state index in [-0.39, 0.29) is 11.9 Å². The van der Waals surface area contributed by atoms with Gasteiger partial charge in [0.25, 0.3) is 5.91 Å². The Morgan fingerprint density at radius 1 is 1.50 bits per heavy atom. The summed E-state index contributed by atoms with van der Waals surface area (Å²) >= 11 is 5.65. The molecule has 1 aliphatic rings. The number of carbonyl (C=O) groups excluding carboxylic acids is 1. The molecule has 4 nitrogen and oxygen atoms in total. The van der Waals surface area contributed by atoms with E-state index in [2.05, 4.69) is 0 Å². The number of hydrogen-bond donors (Lipinski definition) is 0. The van der Waals surface area contributed by atoms with Crippen molar-refractivity contribution in [1.82, 2.24) is 4.90 Å². The molecule has 0 bridgehead atoms. The molecule has 0 aromatic rings. The van der Waals surface area contributed by atoms with Crippen LogP contribution in [0.3, 0.4) is 0 Å². The summed E-state index contributed by atoms with van der Waals surface area (Å²) < 4.78 is 10.6. The fourth-order valence-electron chi connectivity index (χ4n) is 1.67. The largest absolute Gasteiger partial charge is 0.376 e. The standard InChI is InChI=1S/C11H20ClNO3/c1-9(2)13(5-3-4-12)11(14)10-8-15-6-7-16-10/h9-10H,3-8H2,1-2H3. The first-order valence-corrected chi connectivity index (χ1v) is 6.26. The van der Waals surface area contributed by atoms with E-state index in [0.29, 0.717) is 32.2 Å². The maximum absolute atomic E-state index is 12.1. The molecule has 0 radical (unpaired) electrons. The average Bonchev–Trinajstić information content (AvgIpc) is 2.30. The molecule has 0 spiro atoms. The molecule has 1 fully saturated rings. The lowest BCUT2D eigenvalue weighted by atomic mass is 10.2. The number of amides is 1. The maximum atomic E-state index is 12.1. The summed E-state index contributed by atoms with van der Waals surface area (Å²) in [5.74, 6) is 0.582. The minimum Gasteiger partial charge on any atom is -0.376 e. The zero-order chi connectivity index (χ0) is 12.0. The molecule has 94 valence electrons. The van der Waals surface area contributed by atoms with Crippen LogP contribution in [-0.2, 0) is 14.3 Å². The van der Waals surface area contributed by atoms with Gasteiger partial charge in [-0.15, -0.1) is 11.6 Å². The van der Waals surface area contributed by atoms with Crippen LogP contribution >= 0.6 is 11.6 Å². The van der Waals surface area contributed by atoms with Crippen LogP contribution in [0.1, 0.15) is 20.3 Å². The molecular weight excluding hydrogens is 230 g/mol. The Morgan fingerprint density at radius 3 is 2.75 bits per heavy atom. The van der Waals surface area contributed by atoms with Crippen LogP contribution in [-0.4, -0.2) is 55.2 Å². The summed E-state index contributed by atoms with van der Waals surface area (Å²) in [6.45, 7) is 6.11. The molecule has 0 N–H and O–H groups in total. The molecular formula is C11H20ClNO3. The van der Waals surface area contributed by atoms with E-state index in [1.807, 2.05) is 18.7 Å². The van der Waals surface area contributed by atoms with Gasteiger partial charge in [-0.2, -0.15) is 0 Å². The topological polar surface area (TPSA) is 38.8 Å². The highest BCUT2D eigenvalue weighted by Crippen LogP contribution is 2.09. The lowest BCUT2D eigenvalue weighted by molar-refractivity contribution is -0.159. The second kappa shape index (κ2) is 7.09. The van der Waals surface area contributed by atoms with E-state index in [1.54, 1.807) is 0 Å². The van der Waals surface area contributed by atoms with Gasteiger partial charge in [-0.25, -0.2) is 0 Å². The number of alkyl halides is 1. The second-order valence-corrected chi connectivity index (χ2v) is 4.48. The monoisotopic (exact) mass is 249 g/mol. The molecule has 1 atom stereocenters. The van der Waals surface area contributed by atoms with Crippen molar-refractivity contribution in [3.8, 4) is 0 Å². The molecule has 16 heavy (non-hydrogen) atoms. The molecule has 1 amide bonds. The maximum Gasteiger partial charge on any atom is 0.254 e. The molecule has 1 rings (SSSR count). The number of halogens is 1. The van der Waals surface area contributed by atoms with Crippen LogP contribution in [0.4, 0.5) is 0 Å². The SMILES string of the molecule is CC(C)N(CCCCl)C(=O)C1COCCO1. The Labute approximate surface area is 102 Å². The Kier molecular flexibility index (Phi) is 6.09. The molecule has 1 unspecified atom stereocenters. The number of rotatable bonds is 5. The average molecular weight is 250 g/mol. The predicted molar refractivity (Wildman–Crippen MR) is 62.7 cm³/mol. The Morgan fingerprint density at radius 2 is 2.25 bits per heavy atom. The van der Waals surface area contributed by atoms with Crippen LogP contribution in [0.2, 0.25) is 0 Å². The van der Waals surface area contributed by atoms with E-state index in [4.69, 9.17) is 21.1 Å². The Bertz CT molecular complexity index is 217. The highest BCUT2D eigenvalue weighted by Gasteiger charge is 2.28. The normalized spacial score (nSPS) is 21.1. The van der Waals surface area contributed by atoms with E-state index in [1.165, 1.54) is 0 Å². The molecule has 0 aromatic heterocycles. The number of nitrogens with zero attached hydrogens (tertiary/aromatic N) is 1. The second-order valence-electron chi connectivity index (χ2n) is 4.10. The van der Waals surface area contributed by atoms with Crippen molar-refractivity contribution in [2.24, 2.45) is 0 Å². The number of hydrogen-bond acceptors (Lipinski definition) is 3. The zero-order valence-corrected chi connectivity index (χ0v) is 10.7. The van der Waals surface area contributed by atoms with Crippen molar-refractivity contribution in [3.63, 3.8) is 0 Å². The van der Waals surface area contributed by atoms with Gasteiger partial charge < -0.3 is 14.4 Å². The van der Waals surface area contributed by atoms with Crippen molar-refractivity contribution in [2.75, 3.05) is 32.2 Å². The van der Waals surface area contributed by atoms with Crippen LogP contribution in [0.25, 0.3) is 0 Å². The smallest absolute Gasteiger partial charge is 0.254 e. The highest BCUT2D eigenvalue weighted by atomic mass is 35.5. The first-order valence-electron chi connectivity index (χ1n) is 5.72. The highest BCUT2D eigenvalue weighted by molar-refractivity contribution is 6.17. The number of carbonyl (C=O) groups is 1. The summed E-state index contributed by atoms with van der Waals surface area (Å²) in [6, 6.07) is 0.168. The van der Waals surface area contributed by atoms with Gasteiger partial charge in [0.2, 0.25) is 0 Å². The molecule has 5 heteroatoms. The van der Waals surface area contributed by atoms with Crippen molar-refractivity contribution in [3.05, 3.63) is 0 Å². The molecule has 0 aromatic carbocycles. The van der Waals surface area contributed by atoms with Crippen LogP contribution in [0, 0.1) is 0 Å². The zero-order valence-electron chi connectivity index (χ0n) is 9.95. The molecule has 0 saturated carbocycles. The fraction of sp³-hybridized carbons (Fsp3) is 0.909. The van der Waals surface area contributed by atoms with Gasteiger partial charge in [0.05, 0.1) is 19.8 Å². The van der Waals surface area contributed by atoms with E-state index < -0.39 is 6.10 Å².